The molecule has 0 unspecified atom stereocenters. The van der Waals surface area contributed by atoms with Crippen molar-refractivity contribution in [3.63, 3.8) is 0 Å². The predicted molar refractivity (Wildman–Crippen MR) is 108 cm³/mol. The van der Waals surface area contributed by atoms with Crippen molar-refractivity contribution in [2.45, 2.75) is 26.6 Å². The fourth-order valence-electron chi connectivity index (χ4n) is 2.64. The molecule has 0 radical (unpaired) electrons. The van der Waals surface area contributed by atoms with Crippen LogP contribution < -0.4 is 4.74 Å². The Labute approximate surface area is 177 Å². The van der Waals surface area contributed by atoms with E-state index in [-0.39, 0.29) is 24.8 Å². The Morgan fingerprint density at radius 1 is 1.00 bits per heavy atom. The second kappa shape index (κ2) is 9.51. The number of carbonyl (C=O) groups is 1. The molecule has 8 heteroatoms. The molecule has 3 rings (SSSR count). The van der Waals surface area contributed by atoms with Gasteiger partial charge >= 0.3 is 6.18 Å². The van der Waals surface area contributed by atoms with E-state index in [1.807, 2.05) is 0 Å². The summed E-state index contributed by atoms with van der Waals surface area (Å²) in [5.41, 5.74) is 1.22. The Morgan fingerprint density at radius 2 is 1.68 bits per heavy atom. The number of oxime groups is 1. The van der Waals surface area contributed by atoms with Crippen LogP contribution in [0.4, 0.5) is 13.2 Å². The highest BCUT2D eigenvalue weighted by Crippen LogP contribution is 2.29. The van der Waals surface area contributed by atoms with Crippen LogP contribution in [0, 0.1) is 6.92 Å². The van der Waals surface area contributed by atoms with Crippen molar-refractivity contribution in [2.75, 3.05) is 6.61 Å². The smallest absolute Gasteiger partial charge is 0.416 e. The van der Waals surface area contributed by atoms with E-state index < -0.39 is 11.7 Å². The third-order valence-electron chi connectivity index (χ3n) is 4.37. The van der Waals surface area contributed by atoms with Gasteiger partial charge in [0.2, 0.25) is 5.78 Å². The molecule has 0 saturated heterocycles. The molecule has 0 aliphatic carbocycles. The summed E-state index contributed by atoms with van der Waals surface area (Å²) in [6.07, 6.45) is -4.37. The number of alkyl halides is 3. The van der Waals surface area contributed by atoms with Crippen LogP contribution >= 0.6 is 0 Å². The lowest BCUT2D eigenvalue weighted by atomic mass is 10.1. The third kappa shape index (κ3) is 6.21. The van der Waals surface area contributed by atoms with Crippen molar-refractivity contribution in [3.05, 3.63) is 88.9 Å². The minimum absolute atomic E-state index is 0.0467. The number of rotatable bonds is 8. The summed E-state index contributed by atoms with van der Waals surface area (Å²) in [6, 6.07) is 15.0. The first-order chi connectivity index (χ1) is 14.7. The molecule has 0 bridgehead atoms. The average Bonchev–Trinajstić information content (AvgIpc) is 3.18. The van der Waals surface area contributed by atoms with Gasteiger partial charge < -0.3 is 14.0 Å². The van der Waals surface area contributed by atoms with Crippen molar-refractivity contribution < 1.29 is 32.0 Å². The van der Waals surface area contributed by atoms with Gasteiger partial charge in [0.25, 0.3) is 0 Å². The van der Waals surface area contributed by atoms with E-state index in [1.54, 1.807) is 50.2 Å². The highest BCUT2D eigenvalue weighted by Gasteiger charge is 2.29. The lowest BCUT2D eigenvalue weighted by Gasteiger charge is -2.08. The zero-order valence-electron chi connectivity index (χ0n) is 16.9. The van der Waals surface area contributed by atoms with E-state index in [2.05, 4.69) is 5.16 Å². The van der Waals surface area contributed by atoms with E-state index in [9.17, 15) is 18.0 Å². The first-order valence-electron chi connectivity index (χ1n) is 9.38. The van der Waals surface area contributed by atoms with Gasteiger partial charge in [0.15, 0.2) is 12.4 Å². The number of hydrogen-bond donors (Lipinski definition) is 0. The molecule has 31 heavy (non-hydrogen) atoms. The number of ketones is 1. The quantitative estimate of drug-likeness (QED) is 0.257. The molecule has 2 aromatic carbocycles. The molecule has 0 spiro atoms. The van der Waals surface area contributed by atoms with Gasteiger partial charge in [-0.15, -0.1) is 0 Å². The summed E-state index contributed by atoms with van der Waals surface area (Å²) >= 11 is 0. The van der Waals surface area contributed by atoms with Gasteiger partial charge in [0.1, 0.15) is 18.1 Å². The van der Waals surface area contributed by atoms with Crippen molar-refractivity contribution in [3.8, 4) is 5.75 Å². The maximum Gasteiger partial charge on any atom is 0.416 e. The summed E-state index contributed by atoms with van der Waals surface area (Å²) in [5, 5.41) is 3.99. The summed E-state index contributed by atoms with van der Waals surface area (Å²) in [4.78, 5) is 17.2. The highest BCUT2D eigenvalue weighted by atomic mass is 19.4. The number of halogens is 3. The van der Waals surface area contributed by atoms with Crippen molar-refractivity contribution in [2.24, 2.45) is 5.16 Å². The number of ether oxygens (including phenoxy) is 1. The molecule has 0 N–H and O–H groups in total. The molecule has 3 aromatic rings. The molecule has 0 aliphatic rings. The molecule has 1 aromatic heterocycles. The Bertz CT molecular complexity index is 1050. The van der Waals surface area contributed by atoms with Crippen LogP contribution in [0.3, 0.4) is 0 Å². The van der Waals surface area contributed by atoms with Gasteiger partial charge in [-0.25, -0.2) is 0 Å². The molecule has 0 fully saturated rings. The zero-order valence-corrected chi connectivity index (χ0v) is 16.9. The minimum Gasteiger partial charge on any atom is -0.485 e. The first-order valence-corrected chi connectivity index (χ1v) is 9.38. The number of nitrogens with zero attached hydrogens (tertiary/aromatic N) is 1. The lowest BCUT2D eigenvalue weighted by Crippen LogP contribution is -2.10. The SMILES string of the molecule is CC(=NOCc1ccc(C(F)(F)F)cc1)c1ccc(OCC(=O)c2ccc(C)o2)cc1. The fraction of sp³-hybridized carbons (Fsp3) is 0.217. The average molecular weight is 431 g/mol. The van der Waals surface area contributed by atoms with Crippen LogP contribution in [0.25, 0.3) is 0 Å². The molecule has 0 amide bonds. The predicted octanol–water partition coefficient (Wildman–Crippen LogP) is 5.81. The van der Waals surface area contributed by atoms with Crippen LogP contribution in [0.1, 0.15) is 39.9 Å². The second-order valence-electron chi connectivity index (χ2n) is 6.79. The molecule has 0 saturated carbocycles. The molecule has 0 atom stereocenters. The minimum atomic E-state index is -4.37. The Kier molecular flexibility index (Phi) is 6.79. The number of aryl methyl sites for hydroxylation is 1. The van der Waals surface area contributed by atoms with Crippen molar-refractivity contribution >= 4 is 11.5 Å². The monoisotopic (exact) mass is 431 g/mol. The van der Waals surface area contributed by atoms with E-state index in [0.717, 1.165) is 17.7 Å². The van der Waals surface area contributed by atoms with Gasteiger partial charge in [-0.2, -0.15) is 13.2 Å². The number of benzene rings is 2. The first kappa shape index (κ1) is 22.1. The van der Waals surface area contributed by atoms with Crippen LogP contribution in [-0.4, -0.2) is 18.1 Å². The standard InChI is InChI=1S/C23H20F3NO4/c1-15-3-12-22(31-15)21(28)14-29-20-10-6-18(7-11-20)16(2)27-30-13-17-4-8-19(9-5-17)23(24,25)26/h3-12H,13-14H2,1-2H3. The number of carbonyl (C=O) groups excluding carboxylic acids is 1. The van der Waals surface area contributed by atoms with Gasteiger partial charge in [-0.1, -0.05) is 17.3 Å². The van der Waals surface area contributed by atoms with Gasteiger partial charge in [0, 0.05) is 0 Å². The fourth-order valence-corrected chi connectivity index (χ4v) is 2.64. The number of hydrogen-bond acceptors (Lipinski definition) is 5. The van der Waals surface area contributed by atoms with Crippen molar-refractivity contribution in [1.82, 2.24) is 0 Å². The molecule has 0 aliphatic heterocycles. The summed E-state index contributed by atoms with van der Waals surface area (Å²) < 4.78 is 48.5. The van der Waals surface area contributed by atoms with Gasteiger partial charge in [-0.05, 0) is 73.5 Å². The van der Waals surface area contributed by atoms with Crippen molar-refractivity contribution in [1.29, 1.82) is 0 Å². The zero-order chi connectivity index (χ0) is 22.4. The maximum absolute atomic E-state index is 12.6. The van der Waals surface area contributed by atoms with E-state index in [4.69, 9.17) is 14.0 Å². The molecule has 5 nitrogen and oxygen atoms in total. The summed E-state index contributed by atoms with van der Waals surface area (Å²) in [7, 11) is 0. The van der Waals surface area contributed by atoms with E-state index in [0.29, 0.717) is 22.8 Å². The van der Waals surface area contributed by atoms with Gasteiger partial charge in [0.05, 0.1) is 11.3 Å². The number of Topliss-reactive ketones (excluding diaryl/α,β-unsaturated/α-hetero) is 1. The Balaban J connectivity index is 1.50. The Hall–Kier alpha value is -3.55. The molecule has 162 valence electrons. The second-order valence-corrected chi connectivity index (χ2v) is 6.79. The topological polar surface area (TPSA) is 61.0 Å². The highest BCUT2D eigenvalue weighted by molar-refractivity contribution is 5.98. The number of furan rings is 1. The summed E-state index contributed by atoms with van der Waals surface area (Å²) in [6.45, 7) is 3.40. The van der Waals surface area contributed by atoms with Crippen LogP contribution in [-0.2, 0) is 17.6 Å². The molecular formula is C23H20F3NO4. The molecular weight excluding hydrogens is 411 g/mol. The lowest BCUT2D eigenvalue weighted by molar-refractivity contribution is -0.137. The maximum atomic E-state index is 12.6. The summed E-state index contributed by atoms with van der Waals surface area (Å²) in [5.74, 6) is 1.16. The van der Waals surface area contributed by atoms with Crippen LogP contribution in [0.2, 0.25) is 0 Å². The van der Waals surface area contributed by atoms with Crippen LogP contribution in [0.5, 0.6) is 5.75 Å². The largest absolute Gasteiger partial charge is 0.485 e. The van der Waals surface area contributed by atoms with E-state index >= 15 is 0 Å². The Morgan fingerprint density at radius 3 is 2.26 bits per heavy atom. The third-order valence-corrected chi connectivity index (χ3v) is 4.37. The molecule has 1 heterocycles. The van der Waals surface area contributed by atoms with E-state index in [1.165, 1.54) is 12.1 Å². The van der Waals surface area contributed by atoms with Crippen LogP contribution in [0.15, 0.2) is 70.2 Å². The van der Waals surface area contributed by atoms with Gasteiger partial charge in [-0.3, -0.25) is 4.79 Å². The normalized spacial score (nSPS) is 12.0.